The minimum Gasteiger partial charge on any atom is -0.478 e. The first-order valence-electron chi connectivity index (χ1n) is 5.46. The van der Waals surface area contributed by atoms with E-state index in [1.165, 1.54) is 6.07 Å². The summed E-state index contributed by atoms with van der Waals surface area (Å²) in [5.74, 6) is -1.27. The van der Waals surface area contributed by atoms with Crippen molar-refractivity contribution in [1.82, 2.24) is 4.98 Å². The molecule has 3 N–H and O–H groups in total. The van der Waals surface area contributed by atoms with Gasteiger partial charge < -0.3 is 15.4 Å². The number of carbonyl (C=O) groups excluding carboxylic acids is 1. The normalized spacial score (nSPS) is 10.2. The molecule has 1 aromatic carbocycles. The number of aromatic amines is 1. The number of H-pyrrole nitrogens is 1. The summed E-state index contributed by atoms with van der Waals surface area (Å²) in [6, 6.07) is 6.32. The highest BCUT2D eigenvalue weighted by Crippen LogP contribution is 2.17. The molecule has 0 unspecified atom stereocenters. The summed E-state index contributed by atoms with van der Waals surface area (Å²) in [6.07, 6.45) is 1.66. The molecule has 6 heteroatoms. The number of carboxylic acid groups (broad SMARTS) is 1. The van der Waals surface area contributed by atoms with E-state index in [9.17, 15) is 9.59 Å². The van der Waals surface area contributed by atoms with E-state index >= 15 is 0 Å². The van der Waals surface area contributed by atoms with Crippen molar-refractivity contribution in [3.05, 3.63) is 51.8 Å². The summed E-state index contributed by atoms with van der Waals surface area (Å²) in [5.41, 5.74) is 1.80. The molecule has 0 atom stereocenters. The number of amides is 1. The SMILES string of the molecule is Cc1cc(NC(=O)c2cc(Br)c[nH]2)ccc1C(=O)O. The second kappa shape index (κ2) is 5.27. The van der Waals surface area contributed by atoms with Gasteiger partial charge in [-0.05, 0) is 52.7 Å². The van der Waals surface area contributed by atoms with E-state index in [2.05, 4.69) is 26.2 Å². The van der Waals surface area contributed by atoms with Crippen LogP contribution in [0.5, 0.6) is 0 Å². The molecule has 0 saturated carbocycles. The van der Waals surface area contributed by atoms with Gasteiger partial charge in [0.2, 0.25) is 0 Å². The van der Waals surface area contributed by atoms with Crippen LogP contribution in [0.15, 0.2) is 34.9 Å². The molecule has 0 aliphatic rings. The van der Waals surface area contributed by atoms with E-state index in [4.69, 9.17) is 5.11 Å². The van der Waals surface area contributed by atoms with E-state index in [1.807, 2.05) is 0 Å². The van der Waals surface area contributed by atoms with Crippen molar-refractivity contribution in [2.24, 2.45) is 0 Å². The number of rotatable bonds is 3. The molecule has 0 bridgehead atoms. The van der Waals surface area contributed by atoms with E-state index in [-0.39, 0.29) is 11.5 Å². The lowest BCUT2D eigenvalue weighted by molar-refractivity contribution is 0.0696. The standard InChI is InChI=1S/C13H11BrN2O3/c1-7-4-9(2-3-10(7)13(18)19)16-12(17)11-5-8(14)6-15-11/h2-6,15H,1H3,(H,16,17)(H,18,19). The van der Waals surface area contributed by atoms with Crippen molar-refractivity contribution in [2.75, 3.05) is 5.32 Å². The number of carbonyl (C=O) groups is 2. The second-order valence-electron chi connectivity index (χ2n) is 4.02. The van der Waals surface area contributed by atoms with Gasteiger partial charge in [-0.1, -0.05) is 0 Å². The highest BCUT2D eigenvalue weighted by Gasteiger charge is 2.11. The Hall–Kier alpha value is -2.08. The van der Waals surface area contributed by atoms with Crippen LogP contribution >= 0.6 is 15.9 Å². The van der Waals surface area contributed by atoms with Crippen LogP contribution in [0.25, 0.3) is 0 Å². The Kier molecular flexibility index (Phi) is 3.71. The Morgan fingerprint density at radius 1 is 1.32 bits per heavy atom. The summed E-state index contributed by atoms with van der Waals surface area (Å²) < 4.78 is 0.787. The first kappa shape index (κ1) is 13.4. The van der Waals surface area contributed by atoms with Crippen LogP contribution < -0.4 is 5.32 Å². The molecular weight excluding hydrogens is 312 g/mol. The number of benzene rings is 1. The quantitative estimate of drug-likeness (QED) is 0.812. The molecule has 0 radical (unpaired) electrons. The van der Waals surface area contributed by atoms with Crippen molar-refractivity contribution >= 4 is 33.5 Å². The van der Waals surface area contributed by atoms with Gasteiger partial charge in [-0.3, -0.25) is 4.79 Å². The highest BCUT2D eigenvalue weighted by molar-refractivity contribution is 9.10. The molecule has 0 fully saturated rings. The molecule has 2 rings (SSSR count). The Labute approximate surface area is 117 Å². The number of halogens is 1. The molecule has 0 spiro atoms. The molecule has 1 aromatic heterocycles. The fourth-order valence-corrected chi connectivity index (χ4v) is 2.02. The molecule has 0 saturated heterocycles. The Morgan fingerprint density at radius 2 is 2.05 bits per heavy atom. The molecule has 1 amide bonds. The largest absolute Gasteiger partial charge is 0.478 e. The maximum Gasteiger partial charge on any atom is 0.335 e. The number of hydrogen-bond acceptors (Lipinski definition) is 2. The monoisotopic (exact) mass is 322 g/mol. The van der Waals surface area contributed by atoms with Gasteiger partial charge in [-0.15, -0.1) is 0 Å². The maximum absolute atomic E-state index is 11.9. The minimum absolute atomic E-state index is 0.223. The molecule has 1 heterocycles. The number of carboxylic acids is 1. The van der Waals surface area contributed by atoms with Gasteiger partial charge in [0.05, 0.1) is 5.56 Å². The first-order chi connectivity index (χ1) is 8.97. The van der Waals surface area contributed by atoms with Crippen LogP contribution in [-0.4, -0.2) is 22.0 Å². The average Bonchev–Trinajstić information content (AvgIpc) is 2.75. The summed E-state index contributed by atoms with van der Waals surface area (Å²) in [6.45, 7) is 1.68. The third-order valence-electron chi connectivity index (χ3n) is 2.61. The molecule has 19 heavy (non-hydrogen) atoms. The van der Waals surface area contributed by atoms with Crippen molar-refractivity contribution in [3.63, 3.8) is 0 Å². The Morgan fingerprint density at radius 3 is 2.58 bits per heavy atom. The Bertz CT molecular complexity index is 649. The maximum atomic E-state index is 11.9. The molecule has 98 valence electrons. The van der Waals surface area contributed by atoms with Gasteiger partial charge in [0.15, 0.2) is 0 Å². The van der Waals surface area contributed by atoms with Gasteiger partial charge in [0, 0.05) is 16.4 Å². The second-order valence-corrected chi connectivity index (χ2v) is 4.94. The van der Waals surface area contributed by atoms with Gasteiger partial charge in [-0.2, -0.15) is 0 Å². The average molecular weight is 323 g/mol. The van der Waals surface area contributed by atoms with Crippen molar-refractivity contribution in [1.29, 1.82) is 0 Å². The number of anilines is 1. The van der Waals surface area contributed by atoms with Crippen LogP contribution in [0.3, 0.4) is 0 Å². The van der Waals surface area contributed by atoms with Crippen molar-refractivity contribution in [2.45, 2.75) is 6.92 Å². The third-order valence-corrected chi connectivity index (χ3v) is 3.06. The number of aromatic nitrogens is 1. The number of nitrogens with one attached hydrogen (secondary N) is 2. The fraction of sp³-hybridized carbons (Fsp3) is 0.0769. The van der Waals surface area contributed by atoms with Crippen LogP contribution in [0.1, 0.15) is 26.4 Å². The third kappa shape index (κ3) is 3.03. The number of aromatic carboxylic acids is 1. The van der Waals surface area contributed by atoms with E-state index in [1.54, 1.807) is 31.3 Å². The summed E-state index contributed by atoms with van der Waals surface area (Å²) in [4.78, 5) is 25.6. The molecule has 2 aromatic rings. The molecule has 0 aliphatic carbocycles. The van der Waals surface area contributed by atoms with Crippen molar-refractivity contribution < 1.29 is 14.7 Å². The van der Waals surface area contributed by atoms with Crippen LogP contribution in [0, 0.1) is 6.92 Å². The zero-order valence-corrected chi connectivity index (χ0v) is 11.6. The van der Waals surface area contributed by atoms with E-state index < -0.39 is 5.97 Å². The van der Waals surface area contributed by atoms with Crippen LogP contribution in [0.4, 0.5) is 5.69 Å². The summed E-state index contributed by atoms with van der Waals surface area (Å²) >= 11 is 3.25. The molecular formula is C13H11BrN2O3. The highest BCUT2D eigenvalue weighted by atomic mass is 79.9. The molecule has 5 nitrogen and oxygen atoms in total. The van der Waals surface area contributed by atoms with Crippen LogP contribution in [-0.2, 0) is 0 Å². The topological polar surface area (TPSA) is 82.2 Å². The molecule has 0 aliphatic heterocycles. The van der Waals surface area contributed by atoms with Gasteiger partial charge in [-0.25, -0.2) is 4.79 Å². The lowest BCUT2D eigenvalue weighted by atomic mass is 10.1. The number of hydrogen-bond donors (Lipinski definition) is 3. The van der Waals surface area contributed by atoms with Gasteiger partial charge >= 0.3 is 5.97 Å². The number of aryl methyl sites for hydroxylation is 1. The van der Waals surface area contributed by atoms with Crippen molar-refractivity contribution in [3.8, 4) is 0 Å². The lowest BCUT2D eigenvalue weighted by Crippen LogP contribution is -2.12. The lowest BCUT2D eigenvalue weighted by Gasteiger charge is -2.06. The minimum atomic E-state index is -0.983. The van der Waals surface area contributed by atoms with E-state index in [0.717, 1.165) is 4.47 Å². The van der Waals surface area contributed by atoms with Crippen LogP contribution in [0.2, 0.25) is 0 Å². The summed E-state index contributed by atoms with van der Waals surface area (Å²) in [7, 11) is 0. The Balaban J connectivity index is 2.18. The summed E-state index contributed by atoms with van der Waals surface area (Å²) in [5, 5.41) is 11.6. The fourth-order valence-electron chi connectivity index (χ4n) is 1.68. The predicted octanol–water partition coefficient (Wildman–Crippen LogP) is 3.04. The zero-order chi connectivity index (χ0) is 14.0. The van der Waals surface area contributed by atoms with Gasteiger partial charge in [0.1, 0.15) is 5.69 Å². The zero-order valence-electron chi connectivity index (χ0n) is 10.0. The first-order valence-corrected chi connectivity index (χ1v) is 6.26. The van der Waals surface area contributed by atoms with E-state index in [0.29, 0.717) is 16.9 Å². The predicted molar refractivity (Wildman–Crippen MR) is 74.6 cm³/mol. The van der Waals surface area contributed by atoms with Gasteiger partial charge in [0.25, 0.3) is 5.91 Å². The smallest absolute Gasteiger partial charge is 0.335 e.